The summed E-state index contributed by atoms with van der Waals surface area (Å²) in [6.45, 7) is 7.68. The van der Waals surface area contributed by atoms with E-state index in [1.807, 2.05) is 26.0 Å². The van der Waals surface area contributed by atoms with E-state index in [9.17, 15) is 0 Å². The van der Waals surface area contributed by atoms with Crippen LogP contribution in [0.3, 0.4) is 0 Å². The summed E-state index contributed by atoms with van der Waals surface area (Å²) < 4.78 is 5.52. The van der Waals surface area contributed by atoms with Gasteiger partial charge in [-0.25, -0.2) is 0 Å². The smallest absolute Gasteiger partial charge is 0.140 e. The maximum absolute atomic E-state index is 5.99. The molecule has 0 aliphatic rings. The molecule has 0 bridgehead atoms. The third-order valence-corrected chi connectivity index (χ3v) is 2.49. The molecule has 0 spiro atoms. The summed E-state index contributed by atoms with van der Waals surface area (Å²) in [5, 5.41) is 0.987. The quantitative estimate of drug-likeness (QED) is 0.760. The van der Waals surface area contributed by atoms with Gasteiger partial charge in [-0.05, 0) is 44.9 Å². The molecule has 3 heteroatoms. The van der Waals surface area contributed by atoms with Gasteiger partial charge in [0.25, 0.3) is 0 Å². The van der Waals surface area contributed by atoms with E-state index in [0.29, 0.717) is 22.2 Å². The van der Waals surface area contributed by atoms with Crippen LogP contribution in [0.4, 0.5) is 0 Å². The van der Waals surface area contributed by atoms with Crippen LogP contribution in [0.5, 0.6) is 5.75 Å². The molecule has 0 N–H and O–H groups in total. The maximum atomic E-state index is 5.99. The number of hydrogen-bond donors (Lipinski definition) is 0. The number of rotatable bonds is 3. The molecule has 0 saturated carbocycles. The second kappa shape index (κ2) is 4.90. The molecule has 77 valence electrons. The van der Waals surface area contributed by atoms with E-state index in [1.165, 1.54) is 0 Å². The Morgan fingerprint density at radius 1 is 1.36 bits per heavy atom. The average molecular weight is 232 g/mol. The molecule has 0 amide bonds. The molecular formula is C11H13Cl2O. The monoisotopic (exact) mass is 231 g/mol. The predicted octanol–water partition coefficient (Wildman–Crippen LogP) is 4.16. The lowest BCUT2D eigenvalue weighted by Gasteiger charge is -2.13. The third-order valence-electron chi connectivity index (χ3n) is 1.71. The van der Waals surface area contributed by atoms with Crippen molar-refractivity contribution in [2.45, 2.75) is 26.4 Å². The Kier molecular flexibility index (Phi) is 4.09. The van der Waals surface area contributed by atoms with Crippen molar-refractivity contribution in [3.8, 4) is 5.75 Å². The summed E-state index contributed by atoms with van der Waals surface area (Å²) in [4.78, 5) is 0. The van der Waals surface area contributed by atoms with Crippen molar-refractivity contribution in [2.24, 2.45) is 0 Å². The van der Waals surface area contributed by atoms with Crippen molar-refractivity contribution >= 4 is 23.2 Å². The van der Waals surface area contributed by atoms with Crippen LogP contribution in [0.15, 0.2) is 12.1 Å². The molecule has 1 radical (unpaired) electrons. The minimum Gasteiger partial charge on any atom is -0.489 e. The zero-order valence-corrected chi connectivity index (χ0v) is 9.82. The fourth-order valence-electron chi connectivity index (χ4n) is 1.10. The van der Waals surface area contributed by atoms with Gasteiger partial charge in [-0.15, -0.1) is 0 Å². The first-order valence-corrected chi connectivity index (χ1v) is 5.24. The highest BCUT2D eigenvalue weighted by Crippen LogP contribution is 2.34. The summed E-state index contributed by atoms with van der Waals surface area (Å²) in [7, 11) is 0. The Hall–Kier alpha value is -0.400. The van der Waals surface area contributed by atoms with Crippen LogP contribution in [0.25, 0.3) is 0 Å². The average Bonchev–Trinajstić information content (AvgIpc) is 2.11. The Labute approximate surface area is 95.0 Å². The largest absolute Gasteiger partial charge is 0.489 e. The molecule has 1 aromatic rings. The van der Waals surface area contributed by atoms with Gasteiger partial charge in [-0.3, -0.25) is 0 Å². The lowest BCUT2D eigenvalue weighted by molar-refractivity contribution is 0.242. The first-order chi connectivity index (χ1) is 6.54. The zero-order valence-electron chi connectivity index (χ0n) is 8.31. The highest BCUT2D eigenvalue weighted by Gasteiger charge is 2.09. The van der Waals surface area contributed by atoms with E-state index in [-0.39, 0.29) is 6.10 Å². The lowest BCUT2D eigenvalue weighted by atomic mass is 10.1. The number of halogens is 2. The van der Waals surface area contributed by atoms with Gasteiger partial charge in [0.15, 0.2) is 0 Å². The van der Waals surface area contributed by atoms with Crippen LogP contribution in [0, 0.1) is 6.92 Å². The topological polar surface area (TPSA) is 9.23 Å². The first kappa shape index (κ1) is 11.7. The van der Waals surface area contributed by atoms with E-state index in [0.717, 1.165) is 5.56 Å². The normalized spacial score (nSPS) is 10.7. The molecule has 0 unspecified atom stereocenters. The lowest BCUT2D eigenvalue weighted by Crippen LogP contribution is -2.06. The first-order valence-electron chi connectivity index (χ1n) is 4.48. The van der Waals surface area contributed by atoms with Crippen molar-refractivity contribution in [1.82, 2.24) is 0 Å². The fourth-order valence-corrected chi connectivity index (χ4v) is 1.49. The highest BCUT2D eigenvalue weighted by molar-refractivity contribution is 6.43. The Bertz CT molecular complexity index is 321. The van der Waals surface area contributed by atoms with Crippen molar-refractivity contribution in [3.05, 3.63) is 34.7 Å². The molecule has 0 fully saturated rings. The van der Waals surface area contributed by atoms with Gasteiger partial charge in [-0.1, -0.05) is 23.2 Å². The molecule has 1 aromatic carbocycles. The van der Waals surface area contributed by atoms with Crippen molar-refractivity contribution in [3.63, 3.8) is 0 Å². The Balaban J connectivity index is 3.07. The summed E-state index contributed by atoms with van der Waals surface area (Å²) in [6.07, 6.45) is 0.759. The molecule has 14 heavy (non-hydrogen) atoms. The third kappa shape index (κ3) is 2.79. The van der Waals surface area contributed by atoms with Crippen LogP contribution in [0.1, 0.15) is 19.4 Å². The molecular weight excluding hydrogens is 219 g/mol. The second-order valence-corrected chi connectivity index (χ2v) is 4.09. The fraction of sp³-hybridized carbons (Fsp3) is 0.364. The minimum absolute atomic E-state index is 0.0867. The van der Waals surface area contributed by atoms with E-state index in [4.69, 9.17) is 27.9 Å². The summed E-state index contributed by atoms with van der Waals surface area (Å²) in [5.41, 5.74) is 1.02. The van der Waals surface area contributed by atoms with Crippen LogP contribution < -0.4 is 4.74 Å². The summed E-state index contributed by atoms with van der Waals surface area (Å²) in [5.74, 6) is 0.632. The maximum Gasteiger partial charge on any atom is 0.140 e. The molecule has 1 rings (SSSR count). The zero-order chi connectivity index (χ0) is 10.7. The Morgan fingerprint density at radius 3 is 2.50 bits per heavy atom. The van der Waals surface area contributed by atoms with Gasteiger partial charge in [0.2, 0.25) is 0 Å². The molecule has 1 nitrogen and oxygen atoms in total. The van der Waals surface area contributed by atoms with E-state index < -0.39 is 0 Å². The van der Waals surface area contributed by atoms with E-state index in [2.05, 4.69) is 6.92 Å². The van der Waals surface area contributed by atoms with Crippen LogP contribution >= 0.6 is 23.2 Å². The van der Waals surface area contributed by atoms with Crippen molar-refractivity contribution < 1.29 is 4.74 Å². The van der Waals surface area contributed by atoms with Gasteiger partial charge in [0.05, 0.1) is 11.1 Å². The summed E-state index contributed by atoms with van der Waals surface area (Å²) in [6, 6.07) is 3.69. The molecule has 0 heterocycles. The Morgan fingerprint density at radius 2 is 2.00 bits per heavy atom. The molecule has 0 aromatic heterocycles. The van der Waals surface area contributed by atoms with Crippen molar-refractivity contribution in [2.75, 3.05) is 0 Å². The number of benzene rings is 1. The number of hydrogen-bond acceptors (Lipinski definition) is 1. The van der Waals surface area contributed by atoms with Gasteiger partial charge in [0, 0.05) is 0 Å². The number of ether oxygens (including phenoxy) is 1. The van der Waals surface area contributed by atoms with Crippen LogP contribution in [-0.2, 0) is 6.42 Å². The van der Waals surface area contributed by atoms with Crippen LogP contribution in [0.2, 0.25) is 10.0 Å². The molecule has 0 saturated heterocycles. The van der Waals surface area contributed by atoms with Gasteiger partial charge < -0.3 is 4.74 Å². The standard InChI is InChI=1S/C11H13Cl2O/c1-4-8-5-9(12)11(13)10(6-8)14-7(2)3/h5-7H,1,4H2,2-3H3. The summed E-state index contributed by atoms with van der Waals surface area (Å²) >= 11 is 11.9. The molecule has 0 aliphatic heterocycles. The second-order valence-electron chi connectivity index (χ2n) is 3.31. The molecule has 0 aliphatic carbocycles. The predicted molar refractivity (Wildman–Crippen MR) is 61.3 cm³/mol. The highest BCUT2D eigenvalue weighted by atomic mass is 35.5. The van der Waals surface area contributed by atoms with Gasteiger partial charge in [0.1, 0.15) is 10.8 Å². The SMILES string of the molecule is [CH2]Cc1cc(Cl)c(Cl)c(OC(C)C)c1. The van der Waals surface area contributed by atoms with E-state index >= 15 is 0 Å². The van der Waals surface area contributed by atoms with Gasteiger partial charge in [-0.2, -0.15) is 0 Å². The van der Waals surface area contributed by atoms with E-state index in [1.54, 1.807) is 0 Å². The van der Waals surface area contributed by atoms with Gasteiger partial charge >= 0.3 is 0 Å². The molecule has 0 atom stereocenters. The van der Waals surface area contributed by atoms with Crippen LogP contribution in [-0.4, -0.2) is 6.10 Å². The minimum atomic E-state index is 0.0867. The van der Waals surface area contributed by atoms with Crippen molar-refractivity contribution in [1.29, 1.82) is 0 Å².